The molecule has 1 saturated heterocycles. The maximum atomic E-state index is 12.1. The zero-order valence-electron chi connectivity index (χ0n) is 15.5. The molecule has 1 aliphatic rings. The van der Waals surface area contributed by atoms with E-state index in [1.54, 1.807) is 45.0 Å². The number of alkyl carbamates (subject to hydrolysis) is 1. The van der Waals surface area contributed by atoms with Gasteiger partial charge >= 0.3 is 6.09 Å². The van der Waals surface area contributed by atoms with Crippen molar-refractivity contribution < 1.29 is 23.9 Å². The van der Waals surface area contributed by atoms with Crippen LogP contribution < -0.4 is 16.2 Å². The number of carbonyl (C=O) groups is 3. The van der Waals surface area contributed by atoms with Gasteiger partial charge in [-0.3, -0.25) is 20.4 Å². The first kappa shape index (κ1) is 21.0. The van der Waals surface area contributed by atoms with Gasteiger partial charge in [0.15, 0.2) is 0 Å². The van der Waals surface area contributed by atoms with Crippen molar-refractivity contribution in [3.63, 3.8) is 0 Å². The number of carbonyl (C=O) groups excluding carboxylic acids is 3. The molecule has 0 unspecified atom stereocenters. The van der Waals surface area contributed by atoms with Gasteiger partial charge < -0.3 is 14.8 Å². The fraction of sp³-hybridized carbons (Fsp3) is 0.500. The minimum atomic E-state index is -0.702. The molecule has 3 N–H and O–H groups in total. The van der Waals surface area contributed by atoms with Crippen molar-refractivity contribution in [3.8, 4) is 0 Å². The fourth-order valence-corrected chi connectivity index (χ4v) is 2.54. The van der Waals surface area contributed by atoms with Crippen LogP contribution in [-0.4, -0.2) is 42.3 Å². The summed E-state index contributed by atoms with van der Waals surface area (Å²) in [5, 5.41) is 3.23. The molecule has 0 spiro atoms. The van der Waals surface area contributed by atoms with Crippen molar-refractivity contribution in [2.45, 2.75) is 51.4 Å². The first-order chi connectivity index (χ1) is 12.6. The van der Waals surface area contributed by atoms with Crippen LogP contribution in [0.4, 0.5) is 4.79 Å². The lowest BCUT2D eigenvalue weighted by Crippen LogP contribution is -2.51. The van der Waals surface area contributed by atoms with Crippen molar-refractivity contribution in [2.75, 3.05) is 6.61 Å². The van der Waals surface area contributed by atoms with Gasteiger partial charge in [0.25, 0.3) is 11.8 Å². The highest BCUT2D eigenvalue weighted by atomic mass is 35.5. The summed E-state index contributed by atoms with van der Waals surface area (Å²) in [7, 11) is 0. The van der Waals surface area contributed by atoms with Crippen molar-refractivity contribution in [1.82, 2.24) is 16.2 Å². The van der Waals surface area contributed by atoms with Gasteiger partial charge in [0, 0.05) is 10.6 Å². The molecule has 0 aliphatic carbocycles. The van der Waals surface area contributed by atoms with Crippen LogP contribution in [0.2, 0.25) is 5.02 Å². The van der Waals surface area contributed by atoms with Crippen LogP contribution in [0.1, 0.15) is 44.0 Å². The lowest BCUT2D eigenvalue weighted by atomic mass is 10.0. The number of rotatable bonds is 3. The number of ether oxygens (including phenoxy) is 2. The SMILES string of the molecule is CC(C)(C)OC(=O)N[C@@H]1CC[C@@H](C(=O)NNC(=O)c2ccc(Cl)cc2)OC1. The molecular weight excluding hydrogens is 374 g/mol. The molecule has 0 aromatic heterocycles. The number of halogens is 1. The molecule has 2 atom stereocenters. The lowest BCUT2D eigenvalue weighted by molar-refractivity contribution is -0.137. The Bertz CT molecular complexity index is 679. The molecule has 148 valence electrons. The molecule has 1 aromatic rings. The van der Waals surface area contributed by atoms with Crippen LogP contribution in [0.25, 0.3) is 0 Å². The van der Waals surface area contributed by atoms with Crippen molar-refractivity contribution >= 4 is 29.5 Å². The van der Waals surface area contributed by atoms with Crippen LogP contribution in [0.15, 0.2) is 24.3 Å². The quantitative estimate of drug-likeness (QED) is 0.678. The van der Waals surface area contributed by atoms with Gasteiger partial charge in [0.1, 0.15) is 11.7 Å². The molecule has 8 nitrogen and oxygen atoms in total. The Hall–Kier alpha value is -2.32. The predicted molar refractivity (Wildman–Crippen MR) is 99.2 cm³/mol. The lowest BCUT2D eigenvalue weighted by Gasteiger charge is -2.29. The summed E-state index contributed by atoms with van der Waals surface area (Å²) in [4.78, 5) is 35.8. The van der Waals surface area contributed by atoms with Crippen LogP contribution in [0.3, 0.4) is 0 Å². The Balaban J connectivity index is 1.72. The normalized spacial score (nSPS) is 19.7. The minimum Gasteiger partial charge on any atom is -0.444 e. The zero-order valence-corrected chi connectivity index (χ0v) is 16.3. The summed E-state index contributed by atoms with van der Waals surface area (Å²) in [5.41, 5.74) is 4.46. The second-order valence-electron chi connectivity index (χ2n) is 7.19. The van der Waals surface area contributed by atoms with Gasteiger partial charge in [0.05, 0.1) is 12.6 Å². The van der Waals surface area contributed by atoms with Gasteiger partial charge in [-0.1, -0.05) is 11.6 Å². The molecule has 27 heavy (non-hydrogen) atoms. The van der Waals surface area contributed by atoms with E-state index in [4.69, 9.17) is 21.1 Å². The van der Waals surface area contributed by atoms with Crippen LogP contribution in [0.5, 0.6) is 0 Å². The van der Waals surface area contributed by atoms with Crippen LogP contribution in [-0.2, 0) is 14.3 Å². The van der Waals surface area contributed by atoms with Crippen molar-refractivity contribution in [2.24, 2.45) is 0 Å². The van der Waals surface area contributed by atoms with E-state index in [1.165, 1.54) is 0 Å². The first-order valence-electron chi connectivity index (χ1n) is 8.61. The van der Waals surface area contributed by atoms with Crippen LogP contribution >= 0.6 is 11.6 Å². The maximum absolute atomic E-state index is 12.1. The number of amides is 3. The molecule has 1 heterocycles. The van der Waals surface area contributed by atoms with E-state index in [0.29, 0.717) is 23.4 Å². The Kier molecular flexibility index (Phi) is 7.04. The first-order valence-corrected chi connectivity index (χ1v) is 8.99. The number of hydrazine groups is 1. The Morgan fingerprint density at radius 3 is 2.33 bits per heavy atom. The van der Waals surface area contributed by atoms with E-state index >= 15 is 0 Å². The standard InChI is InChI=1S/C18H24ClN3O5/c1-18(2,3)27-17(25)20-13-8-9-14(26-10-13)16(24)22-21-15(23)11-4-6-12(19)7-5-11/h4-7,13-14H,8-10H2,1-3H3,(H,20,25)(H,21,23)(H,22,24)/t13-,14+/m1/s1. The van der Waals surface area contributed by atoms with Gasteiger partial charge in [-0.05, 0) is 57.9 Å². The highest BCUT2D eigenvalue weighted by molar-refractivity contribution is 6.30. The average molecular weight is 398 g/mol. The van der Waals surface area contributed by atoms with E-state index in [0.717, 1.165) is 0 Å². The Labute approximate surface area is 162 Å². The van der Waals surface area contributed by atoms with E-state index in [2.05, 4.69) is 16.2 Å². The molecule has 3 amide bonds. The summed E-state index contributed by atoms with van der Waals surface area (Å²) >= 11 is 5.77. The highest BCUT2D eigenvalue weighted by Gasteiger charge is 2.29. The second kappa shape index (κ2) is 9.05. The molecule has 0 saturated carbocycles. The maximum Gasteiger partial charge on any atom is 0.407 e. The number of nitrogens with one attached hydrogen (secondary N) is 3. The molecule has 1 aliphatic heterocycles. The monoisotopic (exact) mass is 397 g/mol. The third kappa shape index (κ3) is 7.07. The molecule has 1 fully saturated rings. The third-order valence-electron chi connectivity index (χ3n) is 3.69. The van der Waals surface area contributed by atoms with Gasteiger partial charge in [-0.2, -0.15) is 0 Å². The van der Waals surface area contributed by atoms with Gasteiger partial charge in [-0.15, -0.1) is 0 Å². The largest absolute Gasteiger partial charge is 0.444 e. The second-order valence-corrected chi connectivity index (χ2v) is 7.63. The predicted octanol–water partition coefficient (Wildman–Crippen LogP) is 2.17. The molecular formula is C18H24ClN3O5. The molecule has 9 heteroatoms. The topological polar surface area (TPSA) is 106 Å². The van der Waals surface area contributed by atoms with E-state index in [-0.39, 0.29) is 12.6 Å². The smallest absolute Gasteiger partial charge is 0.407 e. The molecule has 1 aromatic carbocycles. The molecule has 0 radical (unpaired) electrons. The summed E-state index contributed by atoms with van der Waals surface area (Å²) in [6, 6.07) is 6.04. The van der Waals surface area contributed by atoms with Crippen molar-refractivity contribution in [1.29, 1.82) is 0 Å². The van der Waals surface area contributed by atoms with Crippen molar-refractivity contribution in [3.05, 3.63) is 34.9 Å². The van der Waals surface area contributed by atoms with E-state index < -0.39 is 29.6 Å². The van der Waals surface area contributed by atoms with Crippen LogP contribution in [0, 0.1) is 0 Å². The average Bonchev–Trinajstić information content (AvgIpc) is 2.59. The third-order valence-corrected chi connectivity index (χ3v) is 3.95. The summed E-state index contributed by atoms with van der Waals surface area (Å²) in [6.07, 6.45) is -0.257. The summed E-state index contributed by atoms with van der Waals surface area (Å²) < 4.78 is 10.7. The minimum absolute atomic E-state index is 0.183. The number of hydrogen-bond acceptors (Lipinski definition) is 5. The number of hydrogen-bond donors (Lipinski definition) is 3. The Morgan fingerprint density at radius 2 is 1.78 bits per heavy atom. The van der Waals surface area contributed by atoms with E-state index in [1.807, 2.05) is 0 Å². The molecule has 2 rings (SSSR count). The summed E-state index contributed by atoms with van der Waals surface area (Å²) in [6.45, 7) is 5.52. The zero-order chi connectivity index (χ0) is 20.0. The van der Waals surface area contributed by atoms with Gasteiger partial charge in [0.2, 0.25) is 0 Å². The fourth-order valence-electron chi connectivity index (χ4n) is 2.42. The van der Waals surface area contributed by atoms with E-state index in [9.17, 15) is 14.4 Å². The molecule has 0 bridgehead atoms. The van der Waals surface area contributed by atoms with Gasteiger partial charge in [-0.25, -0.2) is 4.79 Å². The Morgan fingerprint density at radius 1 is 1.11 bits per heavy atom. The number of benzene rings is 1. The summed E-state index contributed by atoms with van der Waals surface area (Å²) in [5.74, 6) is -0.909. The highest BCUT2D eigenvalue weighted by Crippen LogP contribution is 2.15.